The van der Waals surface area contributed by atoms with Crippen LogP contribution in [0.15, 0.2) is 24.4 Å². The molecule has 3 rings (SSSR count). The van der Waals surface area contributed by atoms with Crippen LogP contribution in [-0.4, -0.2) is 21.4 Å². The number of rotatable bonds is 2. The Morgan fingerprint density at radius 2 is 2.24 bits per heavy atom. The predicted molar refractivity (Wildman–Crippen MR) is 60.4 cm³/mol. The zero-order valence-electron chi connectivity index (χ0n) is 8.54. The second-order valence-corrected chi connectivity index (χ2v) is 3.87. The van der Waals surface area contributed by atoms with E-state index < -0.39 is 0 Å². The molecule has 1 aromatic carbocycles. The van der Waals surface area contributed by atoms with E-state index in [0.717, 1.165) is 11.7 Å². The number of aromatic nitrogens is 2. The van der Waals surface area contributed by atoms with E-state index in [0.29, 0.717) is 22.9 Å². The summed E-state index contributed by atoms with van der Waals surface area (Å²) in [5.41, 5.74) is 0.930. The van der Waals surface area contributed by atoms with Crippen LogP contribution in [0, 0.1) is 0 Å². The quantitative estimate of drug-likeness (QED) is 0.873. The van der Waals surface area contributed by atoms with Gasteiger partial charge in [0.2, 0.25) is 6.79 Å². The van der Waals surface area contributed by atoms with Crippen LogP contribution >= 0.6 is 11.7 Å². The Hall–Kier alpha value is -2.15. The van der Waals surface area contributed by atoms with Gasteiger partial charge in [0.25, 0.3) is 5.91 Å². The van der Waals surface area contributed by atoms with Crippen molar-refractivity contribution < 1.29 is 14.3 Å². The summed E-state index contributed by atoms with van der Waals surface area (Å²) in [6, 6.07) is 5.20. The third-order valence-corrected chi connectivity index (χ3v) is 2.70. The van der Waals surface area contributed by atoms with Crippen molar-refractivity contribution in [1.29, 1.82) is 0 Å². The lowest BCUT2D eigenvalue weighted by molar-refractivity contribution is 0.102. The average Bonchev–Trinajstić information content (AvgIpc) is 2.99. The number of fused-ring (bicyclic) bond motifs is 1. The largest absolute Gasteiger partial charge is 0.454 e. The lowest BCUT2D eigenvalue weighted by atomic mass is 10.2. The molecule has 0 bridgehead atoms. The Kier molecular flexibility index (Phi) is 2.37. The predicted octanol–water partition coefficient (Wildman–Crippen LogP) is 1.52. The van der Waals surface area contributed by atoms with Gasteiger partial charge >= 0.3 is 0 Å². The molecule has 1 aromatic heterocycles. The smallest absolute Gasteiger partial charge is 0.277 e. The molecule has 0 fully saturated rings. The molecule has 1 aliphatic rings. The molecule has 2 aromatic rings. The first-order valence-corrected chi connectivity index (χ1v) is 5.54. The van der Waals surface area contributed by atoms with Gasteiger partial charge in [0.1, 0.15) is 0 Å². The Morgan fingerprint density at radius 3 is 3.06 bits per heavy atom. The van der Waals surface area contributed by atoms with E-state index >= 15 is 0 Å². The maximum absolute atomic E-state index is 11.7. The van der Waals surface area contributed by atoms with Gasteiger partial charge in [-0.15, -0.1) is 0 Å². The van der Waals surface area contributed by atoms with Crippen molar-refractivity contribution in [2.75, 3.05) is 12.1 Å². The molecule has 0 radical (unpaired) electrons. The Balaban J connectivity index is 1.80. The van der Waals surface area contributed by atoms with E-state index in [2.05, 4.69) is 14.1 Å². The fourth-order valence-electron chi connectivity index (χ4n) is 1.43. The Labute approximate surface area is 101 Å². The summed E-state index contributed by atoms with van der Waals surface area (Å²) >= 11 is 0.993. The van der Waals surface area contributed by atoms with Crippen LogP contribution in [0.3, 0.4) is 0 Å². The first kappa shape index (κ1) is 10.0. The van der Waals surface area contributed by atoms with Crippen molar-refractivity contribution in [3.05, 3.63) is 30.1 Å². The summed E-state index contributed by atoms with van der Waals surface area (Å²) < 4.78 is 18.0. The Morgan fingerprint density at radius 1 is 1.35 bits per heavy atom. The number of ether oxygens (including phenoxy) is 2. The van der Waals surface area contributed by atoms with Gasteiger partial charge in [0.15, 0.2) is 17.2 Å². The van der Waals surface area contributed by atoms with E-state index in [1.165, 1.54) is 6.20 Å². The van der Waals surface area contributed by atoms with Gasteiger partial charge in [-0.25, -0.2) is 0 Å². The van der Waals surface area contributed by atoms with Gasteiger partial charge in [-0.3, -0.25) is 4.79 Å². The normalized spacial score (nSPS) is 12.5. The molecule has 17 heavy (non-hydrogen) atoms. The fraction of sp³-hybridized carbons (Fsp3) is 0.100. The van der Waals surface area contributed by atoms with Gasteiger partial charge in [-0.1, -0.05) is 0 Å². The van der Waals surface area contributed by atoms with Crippen molar-refractivity contribution in [3.63, 3.8) is 0 Å². The van der Waals surface area contributed by atoms with Crippen LogP contribution < -0.4 is 14.8 Å². The number of anilines is 1. The summed E-state index contributed by atoms with van der Waals surface area (Å²) in [6.45, 7) is 0.211. The highest BCUT2D eigenvalue weighted by atomic mass is 32.1. The van der Waals surface area contributed by atoms with Gasteiger partial charge < -0.3 is 14.8 Å². The third kappa shape index (κ3) is 1.92. The average molecular weight is 249 g/mol. The first-order chi connectivity index (χ1) is 8.33. The third-order valence-electron chi connectivity index (χ3n) is 2.22. The van der Waals surface area contributed by atoms with E-state index in [1.807, 2.05) is 0 Å². The summed E-state index contributed by atoms with van der Waals surface area (Å²) in [5, 5.41) is 2.70. The minimum Gasteiger partial charge on any atom is -0.454 e. The van der Waals surface area contributed by atoms with Crippen molar-refractivity contribution in [1.82, 2.24) is 8.75 Å². The second-order valence-electron chi connectivity index (χ2n) is 3.31. The number of carbonyl (C=O) groups is 1. The van der Waals surface area contributed by atoms with Crippen molar-refractivity contribution in [2.45, 2.75) is 0 Å². The number of hydrogen-bond donors (Lipinski definition) is 1. The molecule has 86 valence electrons. The number of nitrogens with one attached hydrogen (secondary N) is 1. The zero-order chi connectivity index (χ0) is 11.7. The monoisotopic (exact) mass is 249 g/mol. The summed E-state index contributed by atoms with van der Waals surface area (Å²) in [7, 11) is 0. The fourth-order valence-corrected chi connectivity index (χ4v) is 1.85. The Bertz CT molecular complexity index is 556. The lowest BCUT2D eigenvalue weighted by Gasteiger charge is -2.03. The summed E-state index contributed by atoms with van der Waals surface area (Å²) in [6.07, 6.45) is 1.42. The molecule has 1 amide bonds. The second kappa shape index (κ2) is 4.02. The standard InChI is InChI=1S/C10H7N3O3S/c14-10(7-4-11-17-13-7)12-6-1-2-8-9(3-6)16-5-15-8/h1-4H,5H2,(H,12,14). The van der Waals surface area contributed by atoms with Crippen molar-refractivity contribution in [2.24, 2.45) is 0 Å². The summed E-state index contributed by atoms with van der Waals surface area (Å²) in [5.74, 6) is 1.01. The van der Waals surface area contributed by atoms with Crippen LogP contribution in [0.2, 0.25) is 0 Å². The zero-order valence-corrected chi connectivity index (χ0v) is 9.36. The van der Waals surface area contributed by atoms with Gasteiger partial charge in [-0.05, 0) is 12.1 Å². The maximum Gasteiger partial charge on any atom is 0.277 e. The van der Waals surface area contributed by atoms with Crippen LogP contribution in [0.4, 0.5) is 5.69 Å². The molecule has 7 heteroatoms. The SMILES string of the molecule is O=C(Nc1ccc2c(c1)OCO2)c1cnsn1. The van der Waals surface area contributed by atoms with Gasteiger partial charge in [0, 0.05) is 11.8 Å². The molecular weight excluding hydrogens is 242 g/mol. The molecule has 0 saturated carbocycles. The molecular formula is C10H7N3O3S. The molecule has 0 unspecified atom stereocenters. The highest BCUT2D eigenvalue weighted by Crippen LogP contribution is 2.34. The molecule has 2 heterocycles. The van der Waals surface area contributed by atoms with Crippen LogP contribution in [0.1, 0.15) is 10.5 Å². The van der Waals surface area contributed by atoms with Crippen LogP contribution in [0.25, 0.3) is 0 Å². The van der Waals surface area contributed by atoms with E-state index in [4.69, 9.17) is 9.47 Å². The molecule has 0 aliphatic carbocycles. The molecule has 1 N–H and O–H groups in total. The van der Waals surface area contributed by atoms with Crippen LogP contribution in [0.5, 0.6) is 11.5 Å². The van der Waals surface area contributed by atoms with Crippen LogP contribution in [-0.2, 0) is 0 Å². The summed E-state index contributed by atoms with van der Waals surface area (Å²) in [4.78, 5) is 11.7. The molecule has 0 spiro atoms. The highest BCUT2D eigenvalue weighted by molar-refractivity contribution is 6.99. The number of nitrogens with zero attached hydrogens (tertiary/aromatic N) is 2. The first-order valence-electron chi connectivity index (χ1n) is 4.81. The van der Waals surface area contributed by atoms with Crippen molar-refractivity contribution in [3.8, 4) is 11.5 Å². The van der Waals surface area contributed by atoms with E-state index in [1.54, 1.807) is 18.2 Å². The van der Waals surface area contributed by atoms with E-state index in [9.17, 15) is 4.79 Å². The molecule has 6 nitrogen and oxygen atoms in total. The number of hydrogen-bond acceptors (Lipinski definition) is 6. The molecule has 0 saturated heterocycles. The number of amides is 1. The topological polar surface area (TPSA) is 73.3 Å². The van der Waals surface area contributed by atoms with Gasteiger partial charge in [0.05, 0.1) is 17.9 Å². The number of benzene rings is 1. The van der Waals surface area contributed by atoms with Gasteiger partial charge in [-0.2, -0.15) is 8.75 Å². The molecule has 0 atom stereocenters. The lowest BCUT2D eigenvalue weighted by Crippen LogP contribution is -2.11. The number of carbonyl (C=O) groups excluding carboxylic acids is 1. The van der Waals surface area contributed by atoms with E-state index in [-0.39, 0.29) is 12.7 Å². The maximum atomic E-state index is 11.7. The molecule has 1 aliphatic heterocycles. The minimum atomic E-state index is -0.294. The van der Waals surface area contributed by atoms with Crippen molar-refractivity contribution >= 4 is 23.3 Å². The highest BCUT2D eigenvalue weighted by Gasteiger charge is 2.15. The minimum absolute atomic E-state index is 0.211.